The lowest BCUT2D eigenvalue weighted by molar-refractivity contribution is 0.371. The second-order valence-corrected chi connectivity index (χ2v) is 8.10. The largest absolute Gasteiger partial charge is 0.497 e. The van der Waals surface area contributed by atoms with Crippen LogP contribution in [0.3, 0.4) is 0 Å². The molecular formula is C18H15ClN3O4P. The molecule has 138 valence electrons. The first-order valence-corrected chi connectivity index (χ1v) is 10.2. The number of H-pyrrole nitrogens is 1. The van der Waals surface area contributed by atoms with E-state index in [9.17, 15) is 4.57 Å². The topological polar surface area (TPSA) is 108 Å². The van der Waals surface area contributed by atoms with Crippen molar-refractivity contribution in [3.8, 4) is 17.0 Å². The van der Waals surface area contributed by atoms with Gasteiger partial charge in [-0.1, -0.05) is 24.3 Å². The van der Waals surface area contributed by atoms with Crippen LogP contribution >= 0.6 is 19.2 Å². The van der Waals surface area contributed by atoms with Gasteiger partial charge in [0.05, 0.1) is 30.0 Å². The van der Waals surface area contributed by atoms with Crippen molar-refractivity contribution in [2.24, 2.45) is 0 Å². The van der Waals surface area contributed by atoms with Crippen molar-refractivity contribution in [2.75, 3.05) is 7.11 Å². The third kappa shape index (κ3) is 3.55. The number of rotatable bonds is 4. The number of ether oxygens (including phenoxy) is 1. The van der Waals surface area contributed by atoms with E-state index < -0.39 is 7.60 Å². The molecule has 2 heterocycles. The van der Waals surface area contributed by atoms with Crippen molar-refractivity contribution >= 4 is 41.1 Å². The third-order valence-electron chi connectivity index (χ3n) is 4.24. The molecule has 7 nitrogen and oxygen atoms in total. The number of nitrogens with zero attached hydrogens (tertiary/aromatic N) is 2. The fourth-order valence-electron chi connectivity index (χ4n) is 3.06. The number of hydrogen-bond donors (Lipinski definition) is 3. The Bertz CT molecular complexity index is 1200. The number of fused-ring (bicyclic) bond motifs is 3. The van der Waals surface area contributed by atoms with Crippen molar-refractivity contribution in [3.63, 3.8) is 0 Å². The molecule has 0 atom stereocenters. The van der Waals surface area contributed by atoms with Crippen LogP contribution in [0.25, 0.3) is 33.2 Å². The number of aromatic nitrogens is 3. The van der Waals surface area contributed by atoms with Crippen LogP contribution in [0.5, 0.6) is 5.75 Å². The van der Waals surface area contributed by atoms with Gasteiger partial charge in [0.15, 0.2) is 0 Å². The van der Waals surface area contributed by atoms with Crippen molar-refractivity contribution in [1.29, 1.82) is 0 Å². The zero-order chi connectivity index (χ0) is 19.2. The van der Waals surface area contributed by atoms with E-state index in [0.29, 0.717) is 16.8 Å². The van der Waals surface area contributed by atoms with Crippen molar-refractivity contribution in [1.82, 2.24) is 15.0 Å². The minimum atomic E-state index is -4.11. The maximum Gasteiger partial charge on any atom is 0.329 e. The van der Waals surface area contributed by atoms with Gasteiger partial charge in [0.25, 0.3) is 0 Å². The molecule has 0 saturated carbocycles. The first-order chi connectivity index (χ1) is 12.8. The second kappa shape index (κ2) is 6.62. The van der Waals surface area contributed by atoms with Gasteiger partial charge in [0.1, 0.15) is 11.3 Å². The first kappa shape index (κ1) is 17.9. The molecule has 2 aromatic heterocycles. The summed E-state index contributed by atoms with van der Waals surface area (Å²) in [4.78, 5) is 30.2. The summed E-state index contributed by atoms with van der Waals surface area (Å²) in [6.45, 7) is 0. The summed E-state index contributed by atoms with van der Waals surface area (Å²) < 4.78 is 16.4. The van der Waals surface area contributed by atoms with Crippen LogP contribution in [0.15, 0.2) is 42.5 Å². The third-order valence-corrected chi connectivity index (χ3v) is 5.19. The molecule has 0 aliphatic heterocycles. The summed E-state index contributed by atoms with van der Waals surface area (Å²) in [5, 5.41) is 1.02. The Morgan fingerprint density at radius 1 is 1.15 bits per heavy atom. The summed E-state index contributed by atoms with van der Waals surface area (Å²) in [5.41, 5.74) is 4.19. The quantitative estimate of drug-likeness (QED) is 0.349. The predicted octanol–water partition coefficient (Wildman–Crippen LogP) is 4.12. The zero-order valence-corrected chi connectivity index (χ0v) is 15.8. The molecule has 0 spiro atoms. The molecule has 9 heteroatoms. The summed E-state index contributed by atoms with van der Waals surface area (Å²) in [6, 6.07) is 12.5. The highest BCUT2D eigenvalue weighted by Crippen LogP contribution is 2.39. The van der Waals surface area contributed by atoms with E-state index in [0.717, 1.165) is 27.7 Å². The molecule has 27 heavy (non-hydrogen) atoms. The van der Waals surface area contributed by atoms with Crippen molar-refractivity contribution in [2.45, 2.75) is 6.16 Å². The number of methoxy groups -OCH3 is 1. The van der Waals surface area contributed by atoms with E-state index in [1.54, 1.807) is 31.4 Å². The van der Waals surface area contributed by atoms with Gasteiger partial charge in [0, 0.05) is 17.0 Å². The van der Waals surface area contributed by atoms with E-state index in [2.05, 4.69) is 15.0 Å². The Morgan fingerprint density at radius 2 is 1.89 bits per heavy atom. The van der Waals surface area contributed by atoms with E-state index in [-0.39, 0.29) is 11.4 Å². The number of nitrogens with one attached hydrogen (secondary N) is 1. The smallest absolute Gasteiger partial charge is 0.329 e. The Balaban J connectivity index is 1.87. The van der Waals surface area contributed by atoms with Crippen LogP contribution in [0.1, 0.15) is 5.56 Å². The zero-order valence-electron chi connectivity index (χ0n) is 14.2. The molecule has 2 aromatic carbocycles. The van der Waals surface area contributed by atoms with Gasteiger partial charge in [0.2, 0.25) is 5.28 Å². The molecule has 0 fully saturated rings. The van der Waals surface area contributed by atoms with Crippen molar-refractivity contribution < 1.29 is 19.1 Å². The Morgan fingerprint density at radius 3 is 2.56 bits per heavy atom. The van der Waals surface area contributed by atoms with Gasteiger partial charge in [-0.3, -0.25) is 4.57 Å². The molecule has 0 saturated heterocycles. The van der Waals surface area contributed by atoms with E-state index in [1.165, 1.54) is 0 Å². The molecule has 0 radical (unpaired) electrons. The number of aromatic amines is 1. The maximum absolute atomic E-state index is 11.2. The SMILES string of the molecule is COc1ccc2c(c1)[nH]c1c(-c3ccc(CP(=O)(O)O)cc3)nc(Cl)nc12. The van der Waals surface area contributed by atoms with Gasteiger partial charge >= 0.3 is 7.60 Å². The van der Waals surface area contributed by atoms with E-state index in [4.69, 9.17) is 26.1 Å². The lowest BCUT2D eigenvalue weighted by Crippen LogP contribution is -1.91. The minimum absolute atomic E-state index is 0.119. The lowest BCUT2D eigenvalue weighted by Gasteiger charge is -2.06. The first-order valence-electron chi connectivity index (χ1n) is 8.01. The average molecular weight is 404 g/mol. The molecule has 0 unspecified atom stereocenters. The van der Waals surface area contributed by atoms with Gasteiger partial charge in [-0.25, -0.2) is 9.97 Å². The monoisotopic (exact) mass is 403 g/mol. The standard InChI is InChI=1S/C18H15ClN3O4P/c1-26-12-6-7-13-14(8-12)20-17-15(21-18(19)22-16(13)17)11-4-2-10(3-5-11)9-27(23,24)25/h2-8,20H,9H2,1H3,(H2,23,24,25). The van der Waals surface area contributed by atoms with Crippen LogP contribution < -0.4 is 4.74 Å². The highest BCUT2D eigenvalue weighted by molar-refractivity contribution is 7.50. The average Bonchev–Trinajstić information content (AvgIpc) is 2.98. The van der Waals surface area contributed by atoms with Crippen LogP contribution in [-0.4, -0.2) is 31.8 Å². The highest BCUT2D eigenvalue weighted by atomic mass is 35.5. The predicted molar refractivity (Wildman–Crippen MR) is 104 cm³/mol. The summed E-state index contributed by atoms with van der Waals surface area (Å²) in [5.74, 6) is 0.719. The molecule has 4 aromatic rings. The molecule has 0 aliphatic rings. The van der Waals surface area contributed by atoms with Crippen LogP contribution in [0.4, 0.5) is 0 Å². The molecule has 0 aliphatic carbocycles. The molecule has 3 N–H and O–H groups in total. The normalized spacial score (nSPS) is 12.0. The molecule has 0 bridgehead atoms. The summed E-state index contributed by atoms with van der Waals surface area (Å²) >= 11 is 6.14. The number of benzene rings is 2. The second-order valence-electron chi connectivity index (χ2n) is 6.12. The van der Waals surface area contributed by atoms with Crippen molar-refractivity contribution in [3.05, 3.63) is 53.3 Å². The van der Waals surface area contributed by atoms with Crippen LogP contribution in [0.2, 0.25) is 5.28 Å². The summed E-state index contributed by atoms with van der Waals surface area (Å²) in [6.07, 6.45) is -0.306. The molecular weight excluding hydrogens is 389 g/mol. The van der Waals surface area contributed by atoms with Gasteiger partial charge in [-0.15, -0.1) is 0 Å². The number of hydrogen-bond acceptors (Lipinski definition) is 4. The summed E-state index contributed by atoms with van der Waals surface area (Å²) in [7, 11) is -2.51. The minimum Gasteiger partial charge on any atom is -0.497 e. The molecule has 4 rings (SSSR count). The fraction of sp³-hybridized carbons (Fsp3) is 0.111. The van der Waals surface area contributed by atoms with Crippen LogP contribution in [-0.2, 0) is 10.7 Å². The Hall–Kier alpha value is -2.44. The fourth-order valence-corrected chi connectivity index (χ4v) is 3.91. The van der Waals surface area contributed by atoms with Gasteiger partial charge < -0.3 is 19.5 Å². The lowest BCUT2D eigenvalue weighted by atomic mass is 10.1. The maximum atomic E-state index is 11.2. The van der Waals surface area contributed by atoms with E-state index >= 15 is 0 Å². The Labute approximate surface area is 159 Å². The van der Waals surface area contributed by atoms with Crippen LogP contribution in [0, 0.1) is 0 Å². The number of halogens is 1. The molecule has 0 amide bonds. The van der Waals surface area contributed by atoms with Gasteiger partial charge in [-0.05, 0) is 29.3 Å². The highest BCUT2D eigenvalue weighted by Gasteiger charge is 2.17. The van der Waals surface area contributed by atoms with Gasteiger partial charge in [-0.2, -0.15) is 0 Å². The Kier molecular flexibility index (Phi) is 4.40. The van der Waals surface area contributed by atoms with E-state index in [1.807, 2.05) is 18.2 Å².